The Hall–Kier alpha value is -2.84. The van der Waals surface area contributed by atoms with E-state index < -0.39 is 54.0 Å². The van der Waals surface area contributed by atoms with Gasteiger partial charge < -0.3 is 10.1 Å². The van der Waals surface area contributed by atoms with Crippen molar-refractivity contribution in [2.24, 2.45) is 5.92 Å². The van der Waals surface area contributed by atoms with Crippen LogP contribution in [0.15, 0.2) is 18.2 Å². The van der Waals surface area contributed by atoms with Crippen molar-refractivity contribution >= 4 is 23.7 Å². The Morgan fingerprint density at radius 3 is 2.50 bits per heavy atom. The molecule has 1 fully saturated rings. The maximum absolute atomic E-state index is 13.2. The van der Waals surface area contributed by atoms with E-state index in [2.05, 4.69) is 5.32 Å². The summed E-state index contributed by atoms with van der Waals surface area (Å²) in [5.41, 5.74) is -1.26. The highest BCUT2D eigenvalue weighted by molar-refractivity contribution is 6.08. The van der Waals surface area contributed by atoms with Gasteiger partial charge in [0.1, 0.15) is 12.1 Å². The minimum absolute atomic E-state index is 0.164. The SMILES string of the molecule is CC(C)CC[C@]1(C)NC(=O)N(CC(=O)OCC(=O)c2ccc(F)c(F)c2)C1=O. The third-order valence-corrected chi connectivity index (χ3v) is 4.46. The van der Waals surface area contributed by atoms with E-state index in [1.165, 1.54) is 0 Å². The van der Waals surface area contributed by atoms with E-state index in [1.807, 2.05) is 13.8 Å². The number of carbonyl (C=O) groups excluding carboxylic acids is 4. The fourth-order valence-corrected chi connectivity index (χ4v) is 2.71. The molecule has 1 N–H and O–H groups in total. The Morgan fingerprint density at radius 1 is 1.21 bits per heavy atom. The maximum atomic E-state index is 13.2. The number of nitrogens with zero attached hydrogens (tertiary/aromatic N) is 1. The van der Waals surface area contributed by atoms with Gasteiger partial charge in [-0.25, -0.2) is 13.6 Å². The van der Waals surface area contributed by atoms with Crippen LogP contribution in [0.4, 0.5) is 13.6 Å². The van der Waals surface area contributed by atoms with Crippen LogP contribution >= 0.6 is 0 Å². The van der Waals surface area contributed by atoms with Gasteiger partial charge in [-0.1, -0.05) is 13.8 Å². The smallest absolute Gasteiger partial charge is 0.326 e. The van der Waals surface area contributed by atoms with Crippen molar-refractivity contribution in [1.29, 1.82) is 0 Å². The normalized spacial score (nSPS) is 19.1. The summed E-state index contributed by atoms with van der Waals surface area (Å²) in [5, 5.41) is 2.58. The summed E-state index contributed by atoms with van der Waals surface area (Å²) in [6.07, 6.45) is 1.14. The lowest BCUT2D eigenvalue weighted by Crippen LogP contribution is -2.44. The number of ketones is 1. The largest absolute Gasteiger partial charge is 0.456 e. The second kappa shape index (κ2) is 8.45. The minimum atomic E-state index is -1.20. The molecule has 0 bridgehead atoms. The fraction of sp³-hybridized carbons (Fsp3) is 0.474. The Kier molecular flexibility index (Phi) is 6.48. The molecule has 2 rings (SSSR count). The van der Waals surface area contributed by atoms with Gasteiger partial charge in [0.2, 0.25) is 0 Å². The highest BCUT2D eigenvalue weighted by Gasteiger charge is 2.48. The molecule has 28 heavy (non-hydrogen) atoms. The van der Waals surface area contributed by atoms with Crippen molar-refractivity contribution in [3.05, 3.63) is 35.4 Å². The highest BCUT2D eigenvalue weighted by Crippen LogP contribution is 2.24. The number of hydrogen-bond acceptors (Lipinski definition) is 5. The summed E-state index contributed by atoms with van der Waals surface area (Å²) < 4.78 is 30.8. The van der Waals surface area contributed by atoms with Crippen molar-refractivity contribution in [2.45, 2.75) is 39.2 Å². The Bertz CT molecular complexity index is 812. The van der Waals surface area contributed by atoms with Crippen LogP contribution in [-0.4, -0.2) is 47.3 Å². The number of benzene rings is 1. The quantitative estimate of drug-likeness (QED) is 0.414. The van der Waals surface area contributed by atoms with Gasteiger partial charge in [0.15, 0.2) is 24.0 Å². The van der Waals surface area contributed by atoms with Crippen molar-refractivity contribution in [1.82, 2.24) is 10.2 Å². The number of nitrogens with one attached hydrogen (secondary N) is 1. The summed E-state index contributed by atoms with van der Waals surface area (Å²) in [7, 11) is 0. The first-order chi connectivity index (χ1) is 13.0. The zero-order chi connectivity index (χ0) is 21.1. The second-order valence-electron chi connectivity index (χ2n) is 7.30. The molecule has 1 aromatic carbocycles. The average molecular weight is 396 g/mol. The molecule has 3 amide bonds. The number of carbonyl (C=O) groups is 4. The number of rotatable bonds is 8. The molecule has 1 aliphatic heterocycles. The van der Waals surface area contributed by atoms with Gasteiger partial charge in [0.05, 0.1) is 0 Å². The summed E-state index contributed by atoms with van der Waals surface area (Å²) in [6, 6.07) is 1.84. The Morgan fingerprint density at radius 2 is 1.89 bits per heavy atom. The third-order valence-electron chi connectivity index (χ3n) is 4.46. The van der Waals surface area contributed by atoms with Crippen LogP contribution in [0.3, 0.4) is 0 Å². The van der Waals surface area contributed by atoms with Gasteiger partial charge >= 0.3 is 12.0 Å². The zero-order valence-corrected chi connectivity index (χ0v) is 15.9. The van der Waals surface area contributed by atoms with Crippen molar-refractivity contribution in [3.63, 3.8) is 0 Å². The second-order valence-corrected chi connectivity index (χ2v) is 7.30. The summed E-state index contributed by atoms with van der Waals surface area (Å²) in [4.78, 5) is 49.1. The first-order valence-electron chi connectivity index (χ1n) is 8.81. The standard InChI is InChI=1S/C19H22F2N2O5/c1-11(2)6-7-19(3)17(26)23(18(27)22-19)9-16(25)28-10-15(24)12-4-5-13(20)14(21)8-12/h4-5,8,11H,6-7,9-10H2,1-3H3,(H,22,27)/t19-/m0/s1. The average Bonchev–Trinajstić information content (AvgIpc) is 2.84. The number of halogens is 2. The molecule has 152 valence electrons. The van der Waals surface area contributed by atoms with Crippen molar-refractivity contribution in [2.75, 3.05) is 13.2 Å². The number of imide groups is 1. The molecule has 0 unspecified atom stereocenters. The lowest BCUT2D eigenvalue weighted by Gasteiger charge is -2.22. The van der Waals surface area contributed by atoms with Crippen LogP contribution in [0.25, 0.3) is 0 Å². The van der Waals surface area contributed by atoms with Gasteiger partial charge in [-0.3, -0.25) is 19.3 Å². The van der Waals surface area contributed by atoms with Crippen LogP contribution in [0, 0.1) is 17.6 Å². The lowest BCUT2D eigenvalue weighted by molar-refractivity contribution is -0.146. The van der Waals surface area contributed by atoms with E-state index in [0.29, 0.717) is 24.8 Å². The van der Waals surface area contributed by atoms with Gasteiger partial charge in [0.25, 0.3) is 5.91 Å². The van der Waals surface area contributed by atoms with Gasteiger partial charge in [-0.2, -0.15) is 0 Å². The van der Waals surface area contributed by atoms with E-state index in [1.54, 1.807) is 6.92 Å². The van der Waals surface area contributed by atoms with Crippen molar-refractivity contribution in [3.8, 4) is 0 Å². The molecule has 0 aromatic heterocycles. The first-order valence-corrected chi connectivity index (χ1v) is 8.81. The molecule has 0 aliphatic carbocycles. The molecule has 9 heteroatoms. The van der Waals surface area contributed by atoms with Crippen LogP contribution in [-0.2, 0) is 14.3 Å². The molecule has 0 saturated carbocycles. The molecule has 1 saturated heterocycles. The molecule has 1 heterocycles. The van der Waals surface area contributed by atoms with Gasteiger partial charge in [0, 0.05) is 5.56 Å². The number of amides is 3. The number of ether oxygens (including phenoxy) is 1. The molecule has 1 atom stereocenters. The van der Waals surface area contributed by atoms with Crippen LogP contribution in [0.1, 0.15) is 44.0 Å². The fourth-order valence-electron chi connectivity index (χ4n) is 2.71. The summed E-state index contributed by atoms with van der Waals surface area (Å²) in [6.45, 7) is 4.20. The van der Waals surface area contributed by atoms with Gasteiger partial charge in [-0.15, -0.1) is 0 Å². The van der Waals surface area contributed by atoms with Crippen LogP contribution < -0.4 is 5.32 Å². The topological polar surface area (TPSA) is 92.8 Å². The molecule has 7 nitrogen and oxygen atoms in total. The molecule has 0 radical (unpaired) electrons. The van der Waals surface area contributed by atoms with E-state index in [4.69, 9.17) is 4.74 Å². The maximum Gasteiger partial charge on any atom is 0.326 e. The molecular formula is C19H22F2N2O5. The first kappa shape index (κ1) is 21.5. The van der Waals surface area contributed by atoms with E-state index >= 15 is 0 Å². The summed E-state index contributed by atoms with van der Waals surface area (Å²) in [5.74, 6) is -4.21. The number of urea groups is 1. The number of Topliss-reactive ketones (excluding diaryl/α,β-unsaturated/α-hetero) is 1. The van der Waals surface area contributed by atoms with E-state index in [-0.39, 0.29) is 5.56 Å². The minimum Gasteiger partial charge on any atom is -0.456 e. The van der Waals surface area contributed by atoms with Gasteiger partial charge in [-0.05, 0) is 43.9 Å². The van der Waals surface area contributed by atoms with Crippen molar-refractivity contribution < 1.29 is 32.7 Å². The molecule has 1 aromatic rings. The van der Waals surface area contributed by atoms with E-state index in [9.17, 15) is 28.0 Å². The predicted molar refractivity (Wildman–Crippen MR) is 94.4 cm³/mol. The lowest BCUT2D eigenvalue weighted by atomic mass is 9.92. The third kappa shape index (κ3) is 4.90. The van der Waals surface area contributed by atoms with Crippen LogP contribution in [0.2, 0.25) is 0 Å². The summed E-state index contributed by atoms with van der Waals surface area (Å²) >= 11 is 0. The molecule has 0 spiro atoms. The predicted octanol–water partition coefficient (Wildman–Crippen LogP) is 2.44. The highest BCUT2D eigenvalue weighted by atomic mass is 19.2. The van der Waals surface area contributed by atoms with E-state index in [0.717, 1.165) is 17.0 Å². The zero-order valence-electron chi connectivity index (χ0n) is 15.9. The monoisotopic (exact) mass is 396 g/mol. The Balaban J connectivity index is 1.91. The number of hydrogen-bond donors (Lipinski definition) is 1. The van der Waals surface area contributed by atoms with Crippen LogP contribution in [0.5, 0.6) is 0 Å². The Labute approximate surface area is 161 Å². The number of esters is 1. The molecule has 1 aliphatic rings. The molecular weight excluding hydrogens is 374 g/mol.